The number of thiazole rings is 1. The van der Waals surface area contributed by atoms with E-state index in [9.17, 15) is 63.6 Å². The number of aliphatic carboxylic acids is 2. The predicted molar refractivity (Wildman–Crippen MR) is 194 cm³/mol. The minimum atomic E-state index is -2.19. The van der Waals surface area contributed by atoms with Crippen LogP contribution >= 0.6 is 34.7 Å². The zero-order valence-corrected chi connectivity index (χ0v) is 31.9. The lowest BCUT2D eigenvalue weighted by molar-refractivity contribution is -0.168. The molecule has 3 atom stereocenters. The highest BCUT2D eigenvalue weighted by molar-refractivity contribution is 8.02. The SMILES string of the molecule is CC(C)(O/N=C(\C(=O)CC1C(=O)N2C[C@@](C(=O)O)(N3CCN(NC(=O)C(=O)NCCNC(=O)c4ccc(O)c(O)c4Cl)C(=O)C3=O)S[C@H]12)c1csc(N)n1)C(=O)O. The van der Waals surface area contributed by atoms with Gasteiger partial charge in [-0.05, 0) is 26.0 Å². The van der Waals surface area contributed by atoms with E-state index in [2.05, 4.69) is 20.8 Å². The zero-order valence-electron chi connectivity index (χ0n) is 29.5. The van der Waals surface area contributed by atoms with Gasteiger partial charge in [0.1, 0.15) is 5.69 Å². The first-order valence-corrected chi connectivity index (χ1v) is 18.5. The van der Waals surface area contributed by atoms with Gasteiger partial charge < -0.3 is 51.4 Å². The number of halogens is 1. The normalized spacial score (nSPS) is 20.7. The van der Waals surface area contributed by atoms with E-state index in [1.165, 1.54) is 19.2 Å². The van der Waals surface area contributed by atoms with E-state index in [1.54, 1.807) is 0 Å². The van der Waals surface area contributed by atoms with Crippen molar-refractivity contribution in [2.75, 3.05) is 38.5 Å². The van der Waals surface area contributed by atoms with Crippen LogP contribution in [-0.2, 0) is 43.2 Å². The summed E-state index contributed by atoms with van der Waals surface area (Å²) < 4.78 is 0. The van der Waals surface area contributed by atoms with Crippen LogP contribution in [0, 0.1) is 5.92 Å². The number of thioether (sulfide) groups is 1. The fourth-order valence-corrected chi connectivity index (χ4v) is 8.09. The van der Waals surface area contributed by atoms with Gasteiger partial charge in [0.15, 0.2) is 28.1 Å². The van der Waals surface area contributed by atoms with E-state index in [0.717, 1.165) is 33.3 Å². The molecule has 0 saturated carbocycles. The first-order valence-electron chi connectivity index (χ1n) is 16.4. The van der Waals surface area contributed by atoms with Gasteiger partial charge >= 0.3 is 35.6 Å². The lowest BCUT2D eigenvalue weighted by Crippen LogP contribution is -2.68. The number of carbonyl (C=O) groups excluding carboxylic acids is 7. The van der Waals surface area contributed by atoms with Gasteiger partial charge in [0.05, 0.1) is 35.0 Å². The van der Waals surface area contributed by atoms with Crippen molar-refractivity contribution in [3.63, 3.8) is 0 Å². The van der Waals surface area contributed by atoms with Crippen molar-refractivity contribution in [2.24, 2.45) is 11.1 Å². The molecule has 304 valence electrons. The van der Waals surface area contributed by atoms with Crippen molar-refractivity contribution in [2.45, 2.75) is 36.1 Å². The minimum absolute atomic E-state index is 0.0502. The Morgan fingerprint density at radius 2 is 1.74 bits per heavy atom. The number of hydrogen-bond acceptors (Lipinski definition) is 17. The molecule has 3 fully saturated rings. The lowest BCUT2D eigenvalue weighted by Gasteiger charge is -2.41. The van der Waals surface area contributed by atoms with Gasteiger partial charge in [-0.3, -0.25) is 39.0 Å². The maximum atomic E-state index is 13.5. The summed E-state index contributed by atoms with van der Waals surface area (Å²) >= 11 is 7.44. The summed E-state index contributed by atoms with van der Waals surface area (Å²) in [5.74, 6) is -13.0. The quantitative estimate of drug-likeness (QED) is 0.0252. The van der Waals surface area contributed by atoms with Gasteiger partial charge in [-0.2, -0.15) is 0 Å². The number of piperazine rings is 1. The summed E-state index contributed by atoms with van der Waals surface area (Å²) in [6, 6.07) is 2.18. The number of ketones is 1. The van der Waals surface area contributed by atoms with E-state index >= 15 is 0 Å². The molecule has 6 amide bonds. The molecule has 23 nitrogen and oxygen atoms in total. The third-order valence-corrected chi connectivity index (χ3v) is 11.5. The summed E-state index contributed by atoms with van der Waals surface area (Å²) in [5, 5.41) is 47.7. The number of hydrogen-bond donors (Lipinski definition) is 8. The fourth-order valence-electron chi connectivity index (χ4n) is 5.60. The first kappa shape index (κ1) is 41.9. The summed E-state index contributed by atoms with van der Waals surface area (Å²) in [6.45, 7) is 0.329. The van der Waals surface area contributed by atoms with Crippen molar-refractivity contribution in [1.82, 2.24) is 35.9 Å². The predicted octanol–water partition coefficient (Wildman–Crippen LogP) is -2.11. The number of anilines is 1. The molecule has 3 saturated heterocycles. The molecule has 9 N–H and O–H groups in total. The van der Waals surface area contributed by atoms with Crippen molar-refractivity contribution in [3.8, 4) is 11.5 Å². The molecule has 3 aliphatic heterocycles. The zero-order chi connectivity index (χ0) is 42.1. The Labute approximate surface area is 333 Å². The van der Waals surface area contributed by atoms with Crippen LogP contribution in [0.2, 0.25) is 5.02 Å². The minimum Gasteiger partial charge on any atom is -0.504 e. The Kier molecular flexibility index (Phi) is 11.8. The molecular formula is C31H32ClN9O14S2. The Bertz CT molecular complexity index is 2130. The number of phenolic OH excluding ortho intramolecular Hbond substituents is 2. The van der Waals surface area contributed by atoms with Crippen LogP contribution in [0.1, 0.15) is 36.3 Å². The number of carbonyl (C=O) groups is 9. The molecule has 1 aromatic carbocycles. The number of nitrogen functional groups attached to an aromatic ring is 1. The number of carboxylic acids is 2. The number of Topliss-reactive ketones (excluding diaryl/α,β-unsaturated/α-hetero) is 1. The number of hydrazine groups is 1. The largest absolute Gasteiger partial charge is 0.504 e. The van der Waals surface area contributed by atoms with E-state index in [-0.39, 0.29) is 29.5 Å². The molecule has 5 rings (SSSR count). The van der Waals surface area contributed by atoms with Gasteiger partial charge in [-0.15, -0.1) is 11.3 Å². The third-order valence-electron chi connectivity index (χ3n) is 8.74. The smallest absolute Gasteiger partial charge is 0.350 e. The van der Waals surface area contributed by atoms with E-state index < -0.39 is 123 Å². The molecule has 4 heterocycles. The highest BCUT2D eigenvalue weighted by Gasteiger charge is 2.66. The number of fused-ring (bicyclic) bond motifs is 1. The summed E-state index contributed by atoms with van der Waals surface area (Å²) in [4.78, 5) is 123. The topological polar surface area (TPSA) is 341 Å². The van der Waals surface area contributed by atoms with Crippen molar-refractivity contribution in [1.29, 1.82) is 0 Å². The number of oxime groups is 1. The second-order valence-electron chi connectivity index (χ2n) is 12.9. The van der Waals surface area contributed by atoms with Crippen molar-refractivity contribution in [3.05, 3.63) is 33.8 Å². The summed E-state index contributed by atoms with van der Waals surface area (Å²) in [5.41, 5.74) is 5.13. The molecule has 57 heavy (non-hydrogen) atoms. The maximum Gasteiger partial charge on any atom is 0.350 e. The summed E-state index contributed by atoms with van der Waals surface area (Å²) in [6.07, 6.45) is -0.547. The number of amides is 6. The van der Waals surface area contributed by atoms with Gasteiger partial charge in [0, 0.05) is 31.4 Å². The number of aromatic nitrogens is 1. The molecule has 1 unspecified atom stereocenters. The average molecular weight is 854 g/mol. The molecule has 0 spiro atoms. The molecule has 26 heteroatoms. The van der Waals surface area contributed by atoms with Gasteiger partial charge in [0.2, 0.25) is 16.4 Å². The molecule has 2 aromatic rings. The van der Waals surface area contributed by atoms with Gasteiger partial charge in [0.25, 0.3) is 5.91 Å². The number of aromatic hydroxyl groups is 2. The van der Waals surface area contributed by atoms with Crippen LogP contribution < -0.4 is 21.8 Å². The number of β-lactam (4-membered cyclic amide) rings is 1. The number of nitrogens with one attached hydrogen (secondary N) is 3. The van der Waals surface area contributed by atoms with Gasteiger partial charge in [-0.1, -0.05) is 28.5 Å². The second-order valence-corrected chi connectivity index (χ2v) is 15.5. The second kappa shape index (κ2) is 16.1. The Hall–Kier alpha value is -6.21. The van der Waals surface area contributed by atoms with Crippen LogP contribution in [0.15, 0.2) is 22.7 Å². The molecular weight excluding hydrogens is 822 g/mol. The molecule has 1 aromatic heterocycles. The Balaban J connectivity index is 1.18. The molecule has 0 aliphatic carbocycles. The number of nitrogens with two attached hydrogens (primary N) is 1. The average Bonchev–Trinajstić information content (AvgIpc) is 3.75. The monoisotopic (exact) mass is 853 g/mol. The van der Waals surface area contributed by atoms with E-state index in [1.807, 2.05) is 5.43 Å². The number of rotatable bonds is 14. The van der Waals surface area contributed by atoms with Crippen LogP contribution in [-0.4, -0.2) is 148 Å². The van der Waals surface area contributed by atoms with Crippen molar-refractivity contribution >= 4 is 98.7 Å². The lowest BCUT2D eigenvalue weighted by atomic mass is 9.90. The Morgan fingerprint density at radius 3 is 2.37 bits per heavy atom. The van der Waals surface area contributed by atoms with Crippen molar-refractivity contribution < 1.29 is 68.4 Å². The third kappa shape index (κ3) is 8.20. The fraction of sp³-hybridized carbons (Fsp3) is 0.387. The van der Waals surface area contributed by atoms with E-state index in [0.29, 0.717) is 16.8 Å². The Morgan fingerprint density at radius 1 is 1.05 bits per heavy atom. The van der Waals surface area contributed by atoms with Crippen LogP contribution in [0.3, 0.4) is 0 Å². The standard InChI is InChI=1S/C31H32ClN9O14S2/c1-30(2,27(51)52)55-38-18(14-10-56-29(33)36-14)16(43)9-13-23(48)39-11-31(28(53)54,57-26(13)39)40-7-8-41(25(50)24(40)49)37-22(47)21(46)35-6-5-34-20(45)12-3-4-15(42)19(44)17(12)32/h3-4,10,13,26,42,44H,5-9,11H2,1-2H3,(H2,33,36)(H,34,45)(H,35,46)(H,37,47)(H,51,52)(H,53,54)/b38-18-/t13?,26-,31-/m1/s1. The number of nitrogens with zero attached hydrogens (tertiary/aromatic N) is 5. The number of carboxylic acid groups (broad SMARTS) is 2. The molecule has 3 aliphatic rings. The molecule has 0 bridgehead atoms. The first-order chi connectivity index (χ1) is 26.7. The maximum absolute atomic E-state index is 13.5. The van der Waals surface area contributed by atoms with Gasteiger partial charge in [-0.25, -0.2) is 19.6 Å². The number of phenols is 2. The van der Waals surface area contributed by atoms with Crippen LogP contribution in [0.25, 0.3) is 0 Å². The van der Waals surface area contributed by atoms with Crippen LogP contribution in [0.4, 0.5) is 5.13 Å². The highest BCUT2D eigenvalue weighted by Crippen LogP contribution is 2.52. The number of benzene rings is 1. The summed E-state index contributed by atoms with van der Waals surface area (Å²) in [7, 11) is 0. The molecule has 0 radical (unpaired) electrons. The van der Waals surface area contributed by atoms with Crippen LogP contribution in [0.5, 0.6) is 11.5 Å². The highest BCUT2D eigenvalue weighted by atomic mass is 35.5. The van der Waals surface area contributed by atoms with E-state index in [4.69, 9.17) is 22.2 Å².